The molecule has 0 heterocycles. The molecule has 0 atom stereocenters. The van der Waals surface area contributed by atoms with Crippen LogP contribution in [0, 0.1) is 5.41 Å². The van der Waals surface area contributed by atoms with Gasteiger partial charge in [-0.1, -0.05) is 20.4 Å². The van der Waals surface area contributed by atoms with E-state index < -0.39 is 0 Å². The second-order valence-electron chi connectivity index (χ2n) is 2.00. The molecule has 56 valence electrons. The standard InChI is InChI=1S/C8H14N2/c1-4-6-10-7(3)8(9)5-2/h6,9H,3-5H2,1-2H3. The molecule has 0 saturated carbocycles. The summed E-state index contributed by atoms with van der Waals surface area (Å²) in [7, 11) is 0. The van der Waals surface area contributed by atoms with Crippen molar-refractivity contribution in [1.82, 2.24) is 0 Å². The minimum absolute atomic E-state index is 0.518. The van der Waals surface area contributed by atoms with E-state index in [4.69, 9.17) is 5.41 Å². The van der Waals surface area contributed by atoms with Crippen LogP contribution in [0.25, 0.3) is 0 Å². The van der Waals surface area contributed by atoms with Crippen molar-refractivity contribution in [3.05, 3.63) is 12.3 Å². The average molecular weight is 138 g/mol. The van der Waals surface area contributed by atoms with Crippen LogP contribution in [0.3, 0.4) is 0 Å². The van der Waals surface area contributed by atoms with Gasteiger partial charge in [0.05, 0.1) is 11.4 Å². The minimum atomic E-state index is 0.518. The molecule has 1 N–H and O–H groups in total. The van der Waals surface area contributed by atoms with Crippen LogP contribution >= 0.6 is 0 Å². The maximum Gasteiger partial charge on any atom is 0.0761 e. The van der Waals surface area contributed by atoms with Gasteiger partial charge in [0.15, 0.2) is 0 Å². The highest BCUT2D eigenvalue weighted by Gasteiger charge is 1.94. The predicted octanol–water partition coefficient (Wildman–Crippen LogP) is 2.41. The van der Waals surface area contributed by atoms with Crippen molar-refractivity contribution in [2.75, 3.05) is 0 Å². The Balaban J connectivity index is 3.85. The van der Waals surface area contributed by atoms with Crippen LogP contribution in [0.5, 0.6) is 0 Å². The number of rotatable bonds is 4. The highest BCUT2D eigenvalue weighted by molar-refractivity contribution is 5.97. The summed E-state index contributed by atoms with van der Waals surface area (Å²) in [6, 6.07) is 0. The zero-order chi connectivity index (χ0) is 7.98. The van der Waals surface area contributed by atoms with Crippen molar-refractivity contribution in [2.45, 2.75) is 26.7 Å². The Hall–Kier alpha value is -0.920. The monoisotopic (exact) mass is 138 g/mol. The lowest BCUT2D eigenvalue weighted by Crippen LogP contribution is -1.94. The molecule has 0 aromatic rings. The highest BCUT2D eigenvalue weighted by atomic mass is 14.7. The van der Waals surface area contributed by atoms with Crippen molar-refractivity contribution in [3.63, 3.8) is 0 Å². The number of nitrogens with zero attached hydrogens (tertiary/aromatic N) is 1. The molecule has 0 radical (unpaired) electrons. The summed E-state index contributed by atoms with van der Waals surface area (Å²) in [5.41, 5.74) is 1.11. The van der Waals surface area contributed by atoms with Crippen LogP contribution < -0.4 is 0 Å². The molecule has 0 aliphatic carbocycles. The predicted molar refractivity (Wildman–Crippen MR) is 45.9 cm³/mol. The quantitative estimate of drug-likeness (QED) is 0.579. The van der Waals surface area contributed by atoms with Crippen molar-refractivity contribution < 1.29 is 0 Å². The van der Waals surface area contributed by atoms with Crippen molar-refractivity contribution >= 4 is 11.9 Å². The van der Waals surface area contributed by atoms with Gasteiger partial charge in [-0.25, -0.2) is 0 Å². The fourth-order valence-electron chi connectivity index (χ4n) is 0.483. The molecular formula is C8H14N2. The Morgan fingerprint density at radius 2 is 2.20 bits per heavy atom. The third kappa shape index (κ3) is 3.17. The van der Waals surface area contributed by atoms with E-state index in [1.807, 2.05) is 13.8 Å². The van der Waals surface area contributed by atoms with Crippen LogP contribution in [0.4, 0.5) is 0 Å². The summed E-state index contributed by atoms with van der Waals surface area (Å²) in [6.45, 7) is 7.57. The molecule has 0 aliphatic heterocycles. The van der Waals surface area contributed by atoms with Gasteiger partial charge in [-0.05, 0) is 12.8 Å². The summed E-state index contributed by atoms with van der Waals surface area (Å²) in [4.78, 5) is 3.97. The van der Waals surface area contributed by atoms with E-state index in [0.29, 0.717) is 17.8 Å². The molecule has 2 nitrogen and oxygen atoms in total. The van der Waals surface area contributed by atoms with E-state index in [2.05, 4.69) is 11.6 Å². The van der Waals surface area contributed by atoms with Crippen molar-refractivity contribution in [2.24, 2.45) is 4.99 Å². The highest BCUT2D eigenvalue weighted by Crippen LogP contribution is 1.97. The molecule has 0 amide bonds. The molecule has 10 heavy (non-hydrogen) atoms. The van der Waals surface area contributed by atoms with Gasteiger partial charge >= 0.3 is 0 Å². The second-order valence-corrected chi connectivity index (χ2v) is 2.00. The smallest absolute Gasteiger partial charge is 0.0761 e. The number of allylic oxidation sites excluding steroid dienone is 1. The number of aliphatic imine (C=N–C) groups is 1. The first-order chi connectivity index (χ1) is 4.72. The van der Waals surface area contributed by atoms with Crippen molar-refractivity contribution in [3.8, 4) is 0 Å². The molecule has 0 aromatic heterocycles. The maximum absolute atomic E-state index is 7.31. The number of hydrogen-bond acceptors (Lipinski definition) is 2. The van der Waals surface area contributed by atoms with E-state index in [9.17, 15) is 0 Å². The summed E-state index contributed by atoms with van der Waals surface area (Å²) in [6.07, 6.45) is 3.38. The van der Waals surface area contributed by atoms with E-state index >= 15 is 0 Å². The van der Waals surface area contributed by atoms with Gasteiger partial charge < -0.3 is 5.41 Å². The van der Waals surface area contributed by atoms with Crippen LogP contribution in [-0.2, 0) is 0 Å². The van der Waals surface area contributed by atoms with Crippen LogP contribution in [0.2, 0.25) is 0 Å². The lowest BCUT2D eigenvalue weighted by Gasteiger charge is -1.96. The van der Waals surface area contributed by atoms with Gasteiger partial charge in [0.25, 0.3) is 0 Å². The largest absolute Gasteiger partial charge is 0.303 e. The zero-order valence-electron chi connectivity index (χ0n) is 6.65. The maximum atomic E-state index is 7.31. The summed E-state index contributed by atoms with van der Waals surface area (Å²) >= 11 is 0. The van der Waals surface area contributed by atoms with Crippen molar-refractivity contribution in [1.29, 1.82) is 5.41 Å². The molecule has 0 unspecified atom stereocenters. The van der Waals surface area contributed by atoms with E-state index in [1.54, 1.807) is 6.21 Å². The molecule has 0 aliphatic rings. The molecule has 2 heteroatoms. The molecule has 0 bridgehead atoms. The summed E-state index contributed by atoms with van der Waals surface area (Å²) in [5.74, 6) is 0. The Kier molecular flexibility index (Phi) is 4.46. The van der Waals surface area contributed by atoms with Gasteiger partial charge in [0.1, 0.15) is 0 Å². The zero-order valence-corrected chi connectivity index (χ0v) is 6.65. The molecule has 0 aromatic carbocycles. The molecule has 0 spiro atoms. The lowest BCUT2D eigenvalue weighted by atomic mass is 10.2. The van der Waals surface area contributed by atoms with Gasteiger partial charge in [0, 0.05) is 6.21 Å². The molecular weight excluding hydrogens is 124 g/mol. The number of nitrogens with one attached hydrogen (secondary N) is 1. The van der Waals surface area contributed by atoms with Crippen LogP contribution in [-0.4, -0.2) is 11.9 Å². The molecule has 0 saturated heterocycles. The average Bonchev–Trinajstić information content (AvgIpc) is 1.98. The third-order valence-electron chi connectivity index (χ3n) is 1.13. The SMILES string of the molecule is C=C(N=CCC)C(=N)CC. The summed E-state index contributed by atoms with van der Waals surface area (Å²) in [5, 5.41) is 7.31. The Morgan fingerprint density at radius 1 is 1.60 bits per heavy atom. The van der Waals surface area contributed by atoms with Gasteiger partial charge in [-0.15, -0.1) is 0 Å². The second kappa shape index (κ2) is 4.91. The first-order valence-electron chi connectivity index (χ1n) is 3.51. The topological polar surface area (TPSA) is 36.2 Å². The lowest BCUT2D eigenvalue weighted by molar-refractivity contribution is 1.21. The fourth-order valence-corrected chi connectivity index (χ4v) is 0.483. The van der Waals surface area contributed by atoms with Gasteiger partial charge in [-0.3, -0.25) is 4.99 Å². The van der Waals surface area contributed by atoms with E-state index in [-0.39, 0.29) is 0 Å². The first kappa shape index (κ1) is 9.08. The van der Waals surface area contributed by atoms with Crippen LogP contribution in [0.1, 0.15) is 26.7 Å². The van der Waals surface area contributed by atoms with Gasteiger partial charge in [-0.2, -0.15) is 0 Å². The Morgan fingerprint density at radius 3 is 2.60 bits per heavy atom. The van der Waals surface area contributed by atoms with E-state index in [1.165, 1.54) is 0 Å². The third-order valence-corrected chi connectivity index (χ3v) is 1.13. The number of hydrogen-bond donors (Lipinski definition) is 1. The van der Waals surface area contributed by atoms with Gasteiger partial charge in [0.2, 0.25) is 0 Å². The summed E-state index contributed by atoms with van der Waals surface area (Å²) < 4.78 is 0. The fraction of sp³-hybridized carbons (Fsp3) is 0.500. The van der Waals surface area contributed by atoms with E-state index in [0.717, 1.165) is 6.42 Å². The first-order valence-corrected chi connectivity index (χ1v) is 3.51. The Bertz CT molecular complexity index is 157. The van der Waals surface area contributed by atoms with Crippen LogP contribution in [0.15, 0.2) is 17.3 Å². The Labute approximate surface area is 62.2 Å². The minimum Gasteiger partial charge on any atom is -0.303 e. The molecule has 0 rings (SSSR count). The molecule has 0 fully saturated rings. The normalized spacial score (nSPS) is 10.2.